The fraction of sp³-hybridized carbons (Fsp3) is 0.222. The quantitative estimate of drug-likeness (QED) is 0.347. The summed E-state index contributed by atoms with van der Waals surface area (Å²) >= 11 is 0. The minimum atomic E-state index is -4.85. The Balaban J connectivity index is 1.36. The normalized spacial score (nSPS) is 15.0. The highest BCUT2D eigenvalue weighted by Gasteiger charge is 2.40. The van der Waals surface area contributed by atoms with E-state index in [1.165, 1.54) is 12.1 Å². The topological polar surface area (TPSA) is 85.7 Å². The molecular formula is C27H23F3N4O4. The largest absolute Gasteiger partial charge is 0.573 e. The molecule has 0 spiro atoms. The molecule has 1 aliphatic heterocycles. The number of fused-ring (bicyclic) bond motifs is 3. The maximum absolute atomic E-state index is 13.5. The van der Waals surface area contributed by atoms with Crippen LogP contribution < -0.4 is 19.7 Å². The zero-order chi connectivity index (χ0) is 26.9. The lowest BCUT2D eigenvalue weighted by atomic mass is 10.1. The molecule has 1 aromatic heterocycles. The second kappa shape index (κ2) is 10.1. The minimum Gasteiger partial charge on any atom is -0.497 e. The molecule has 1 unspecified atom stereocenters. The van der Waals surface area contributed by atoms with Crippen molar-refractivity contribution in [3.8, 4) is 11.5 Å². The van der Waals surface area contributed by atoms with Gasteiger partial charge in [0.2, 0.25) is 11.9 Å². The Kier molecular flexibility index (Phi) is 6.66. The predicted molar refractivity (Wildman–Crippen MR) is 134 cm³/mol. The van der Waals surface area contributed by atoms with E-state index in [9.17, 15) is 22.8 Å². The number of rotatable bonds is 8. The van der Waals surface area contributed by atoms with E-state index in [1.54, 1.807) is 16.6 Å². The van der Waals surface area contributed by atoms with Crippen molar-refractivity contribution in [3.05, 3.63) is 78.4 Å². The minimum absolute atomic E-state index is 0.120. The van der Waals surface area contributed by atoms with Crippen LogP contribution in [0.15, 0.2) is 72.8 Å². The molecule has 2 heterocycles. The van der Waals surface area contributed by atoms with Gasteiger partial charge in [-0.05, 0) is 48.4 Å². The number of halogens is 3. The fourth-order valence-electron chi connectivity index (χ4n) is 4.50. The number of aromatic nitrogens is 2. The highest BCUT2D eigenvalue weighted by atomic mass is 19.4. The maximum atomic E-state index is 13.5. The number of carbonyl (C=O) groups is 2. The molecular weight excluding hydrogens is 501 g/mol. The average molecular weight is 524 g/mol. The smallest absolute Gasteiger partial charge is 0.497 e. The number of anilines is 2. The Hall–Kier alpha value is -4.54. The lowest BCUT2D eigenvalue weighted by Gasteiger charge is -2.16. The second-order valence-corrected chi connectivity index (χ2v) is 8.70. The van der Waals surface area contributed by atoms with E-state index < -0.39 is 24.1 Å². The second-order valence-electron chi connectivity index (χ2n) is 8.70. The van der Waals surface area contributed by atoms with Gasteiger partial charge in [-0.25, -0.2) is 4.98 Å². The van der Waals surface area contributed by atoms with Crippen molar-refractivity contribution in [2.75, 3.05) is 23.9 Å². The van der Waals surface area contributed by atoms with Crippen LogP contribution in [0.4, 0.5) is 24.8 Å². The van der Waals surface area contributed by atoms with Gasteiger partial charge in [-0.1, -0.05) is 30.3 Å². The monoisotopic (exact) mass is 524 g/mol. The van der Waals surface area contributed by atoms with Crippen LogP contribution in [-0.2, 0) is 16.0 Å². The number of amides is 2. The summed E-state index contributed by atoms with van der Waals surface area (Å²) in [4.78, 5) is 32.7. The number of imidazole rings is 1. The van der Waals surface area contributed by atoms with Crippen LogP contribution in [0, 0.1) is 0 Å². The third-order valence-electron chi connectivity index (χ3n) is 6.19. The third-order valence-corrected chi connectivity index (χ3v) is 6.19. The number of para-hydroxylation sites is 2. The number of benzene rings is 3. The highest BCUT2D eigenvalue weighted by molar-refractivity contribution is 6.05. The molecule has 0 bridgehead atoms. The Labute approximate surface area is 215 Å². The Morgan fingerprint density at radius 1 is 1.03 bits per heavy atom. The summed E-state index contributed by atoms with van der Waals surface area (Å²) in [5.41, 5.74) is 2.52. The summed E-state index contributed by atoms with van der Waals surface area (Å²) in [7, 11) is 1.59. The molecule has 0 aliphatic carbocycles. The molecule has 11 heteroatoms. The molecule has 0 fully saturated rings. The summed E-state index contributed by atoms with van der Waals surface area (Å²) < 4.78 is 48.5. The number of hydrogen-bond donors (Lipinski definition) is 1. The van der Waals surface area contributed by atoms with Crippen molar-refractivity contribution < 1.29 is 32.2 Å². The van der Waals surface area contributed by atoms with Crippen LogP contribution in [0.1, 0.15) is 18.0 Å². The molecule has 1 N–H and O–H groups in total. The summed E-state index contributed by atoms with van der Waals surface area (Å²) in [5, 5.41) is 2.57. The number of alkyl halides is 3. The lowest BCUT2D eigenvalue weighted by Crippen LogP contribution is -2.33. The Bertz CT molecular complexity index is 1480. The molecule has 0 radical (unpaired) electrons. The number of hydrogen-bond acceptors (Lipinski definition) is 5. The van der Waals surface area contributed by atoms with Gasteiger partial charge in [-0.15, -0.1) is 13.2 Å². The van der Waals surface area contributed by atoms with Crippen molar-refractivity contribution in [1.29, 1.82) is 0 Å². The van der Waals surface area contributed by atoms with Gasteiger partial charge in [-0.3, -0.25) is 19.1 Å². The number of carbonyl (C=O) groups excluding carboxylic acids is 2. The molecule has 38 heavy (non-hydrogen) atoms. The molecule has 8 nitrogen and oxygen atoms in total. The van der Waals surface area contributed by atoms with Gasteiger partial charge < -0.3 is 14.8 Å². The van der Waals surface area contributed by atoms with Crippen molar-refractivity contribution in [2.45, 2.75) is 25.2 Å². The average Bonchev–Trinajstić information content (AvgIpc) is 3.36. The van der Waals surface area contributed by atoms with Gasteiger partial charge >= 0.3 is 6.36 Å². The van der Waals surface area contributed by atoms with Crippen LogP contribution in [0.2, 0.25) is 0 Å². The molecule has 4 aromatic rings. The van der Waals surface area contributed by atoms with Crippen molar-refractivity contribution in [2.24, 2.45) is 0 Å². The summed E-state index contributed by atoms with van der Waals surface area (Å²) in [5.74, 6) is -0.0957. The van der Waals surface area contributed by atoms with Crippen molar-refractivity contribution in [1.82, 2.24) is 9.55 Å². The first kappa shape index (κ1) is 25.1. The number of methoxy groups -OCH3 is 1. The zero-order valence-electron chi connectivity index (χ0n) is 20.2. The van der Waals surface area contributed by atoms with E-state index in [1.807, 2.05) is 48.5 Å². The molecule has 5 rings (SSSR count). The fourth-order valence-corrected chi connectivity index (χ4v) is 4.50. The Morgan fingerprint density at radius 3 is 2.53 bits per heavy atom. The molecule has 1 atom stereocenters. The number of ether oxygens (including phenoxy) is 2. The lowest BCUT2D eigenvalue weighted by molar-refractivity contribution is -0.274. The Morgan fingerprint density at radius 2 is 1.79 bits per heavy atom. The van der Waals surface area contributed by atoms with Crippen LogP contribution in [0.3, 0.4) is 0 Å². The molecule has 2 amide bonds. The van der Waals surface area contributed by atoms with Gasteiger partial charge in [0.25, 0.3) is 5.91 Å². The van der Waals surface area contributed by atoms with Crippen molar-refractivity contribution in [3.63, 3.8) is 0 Å². The molecule has 0 saturated carbocycles. The third kappa shape index (κ3) is 5.26. The highest BCUT2D eigenvalue weighted by Crippen LogP contribution is 2.37. The van der Waals surface area contributed by atoms with E-state index in [-0.39, 0.29) is 18.0 Å². The van der Waals surface area contributed by atoms with Gasteiger partial charge in [0.15, 0.2) is 0 Å². The maximum Gasteiger partial charge on any atom is 0.573 e. The van der Waals surface area contributed by atoms with Crippen LogP contribution in [0.5, 0.6) is 11.5 Å². The van der Waals surface area contributed by atoms with E-state index in [0.29, 0.717) is 29.9 Å². The van der Waals surface area contributed by atoms with Gasteiger partial charge in [-0.2, -0.15) is 0 Å². The molecule has 3 aromatic carbocycles. The summed E-state index contributed by atoms with van der Waals surface area (Å²) in [6, 6.07) is 19.0. The summed E-state index contributed by atoms with van der Waals surface area (Å²) in [6.07, 6.45) is -4.52. The first-order chi connectivity index (χ1) is 18.2. The number of nitrogens with zero attached hydrogens (tertiary/aromatic N) is 3. The predicted octanol–water partition coefficient (Wildman–Crippen LogP) is 5.10. The van der Waals surface area contributed by atoms with Crippen LogP contribution in [-0.4, -0.2) is 41.4 Å². The van der Waals surface area contributed by atoms with E-state index in [2.05, 4.69) is 15.0 Å². The zero-order valence-corrected chi connectivity index (χ0v) is 20.2. The molecule has 0 saturated heterocycles. The van der Waals surface area contributed by atoms with Crippen LogP contribution in [0.25, 0.3) is 11.0 Å². The number of nitrogens with one attached hydrogen (secondary N) is 1. The van der Waals surface area contributed by atoms with E-state index in [4.69, 9.17) is 4.74 Å². The van der Waals surface area contributed by atoms with Gasteiger partial charge in [0, 0.05) is 18.3 Å². The van der Waals surface area contributed by atoms with E-state index >= 15 is 0 Å². The first-order valence-electron chi connectivity index (χ1n) is 11.8. The SMILES string of the molecule is COc1ccc(CCN2C(=O)C(CC(=O)Nc3cccc(OC(F)(F)F)c3)n3c2nc2ccccc23)cc1. The van der Waals surface area contributed by atoms with Crippen molar-refractivity contribution >= 4 is 34.5 Å². The van der Waals surface area contributed by atoms with E-state index in [0.717, 1.165) is 23.4 Å². The van der Waals surface area contributed by atoms with Crippen LogP contribution >= 0.6 is 0 Å². The summed E-state index contributed by atoms with van der Waals surface area (Å²) in [6.45, 7) is 0.351. The van der Waals surface area contributed by atoms with Gasteiger partial charge in [0.05, 0.1) is 24.6 Å². The van der Waals surface area contributed by atoms with Gasteiger partial charge in [0.1, 0.15) is 17.5 Å². The molecule has 196 valence electrons. The first-order valence-corrected chi connectivity index (χ1v) is 11.8. The molecule has 1 aliphatic rings. The standard InChI is InChI=1S/C27H23F3N4O4/c1-37-19-11-9-17(10-12-19)13-14-33-25(36)23(34-22-8-3-2-7-21(22)32-26(33)34)16-24(35)31-18-5-4-6-20(15-18)38-27(28,29)30/h2-12,15,23H,13-14,16H2,1H3,(H,31,35).